The minimum absolute atomic E-state index is 0.128. The molecule has 144 valence electrons. The molecule has 1 N–H and O–H groups in total. The highest BCUT2D eigenvalue weighted by molar-refractivity contribution is 7.91. The van der Waals surface area contributed by atoms with E-state index >= 15 is 0 Å². The van der Waals surface area contributed by atoms with Crippen LogP contribution in [-0.2, 0) is 14.6 Å². The number of aliphatic carboxylic acids is 1. The van der Waals surface area contributed by atoms with Gasteiger partial charge in [0, 0.05) is 10.6 Å². The fourth-order valence-electron chi connectivity index (χ4n) is 2.77. The van der Waals surface area contributed by atoms with E-state index in [0.29, 0.717) is 21.9 Å². The Balaban J connectivity index is 2.13. The van der Waals surface area contributed by atoms with Gasteiger partial charge in [0.15, 0.2) is 6.61 Å². The normalized spacial score (nSPS) is 11.2. The zero-order valence-electron chi connectivity index (χ0n) is 14.9. The smallest absolute Gasteiger partial charge is 0.341 e. The minimum atomic E-state index is -3.70. The van der Waals surface area contributed by atoms with Crippen molar-refractivity contribution in [2.75, 3.05) is 6.61 Å². The van der Waals surface area contributed by atoms with Crippen LogP contribution in [-0.4, -0.2) is 26.1 Å². The second-order valence-electron chi connectivity index (χ2n) is 6.12. The van der Waals surface area contributed by atoms with Gasteiger partial charge < -0.3 is 9.84 Å². The van der Waals surface area contributed by atoms with Crippen molar-refractivity contribution in [3.63, 3.8) is 0 Å². The number of ether oxygens (including phenoxy) is 1. The van der Waals surface area contributed by atoms with E-state index in [4.69, 9.17) is 21.4 Å². The summed E-state index contributed by atoms with van der Waals surface area (Å²) >= 11 is 6.12. The molecule has 0 aliphatic carbocycles. The van der Waals surface area contributed by atoms with Crippen molar-refractivity contribution in [1.82, 2.24) is 0 Å². The predicted octanol–water partition coefficient (Wildman–Crippen LogP) is 4.61. The van der Waals surface area contributed by atoms with E-state index in [1.54, 1.807) is 54.6 Å². The third-order valence-electron chi connectivity index (χ3n) is 4.16. The Kier molecular flexibility index (Phi) is 5.72. The van der Waals surface area contributed by atoms with E-state index in [2.05, 4.69) is 0 Å². The summed E-state index contributed by atoms with van der Waals surface area (Å²) in [6.07, 6.45) is 0. The van der Waals surface area contributed by atoms with Gasteiger partial charge in [-0.1, -0.05) is 35.9 Å². The van der Waals surface area contributed by atoms with Crippen LogP contribution in [0.25, 0.3) is 11.1 Å². The zero-order chi connectivity index (χ0) is 20.3. The molecule has 0 spiro atoms. The fraction of sp³-hybridized carbons (Fsp3) is 0.0952. The van der Waals surface area contributed by atoms with Gasteiger partial charge >= 0.3 is 5.97 Å². The number of rotatable bonds is 6. The van der Waals surface area contributed by atoms with E-state index in [1.807, 2.05) is 6.92 Å². The van der Waals surface area contributed by atoms with E-state index in [1.165, 1.54) is 12.1 Å². The number of sulfone groups is 1. The lowest BCUT2D eigenvalue weighted by Gasteiger charge is -2.14. The van der Waals surface area contributed by atoms with E-state index < -0.39 is 22.4 Å². The van der Waals surface area contributed by atoms with Crippen LogP contribution in [0.5, 0.6) is 5.75 Å². The van der Waals surface area contributed by atoms with Gasteiger partial charge in [-0.3, -0.25) is 0 Å². The summed E-state index contributed by atoms with van der Waals surface area (Å²) in [6, 6.07) is 17.7. The van der Waals surface area contributed by atoms with Crippen molar-refractivity contribution < 1.29 is 23.1 Å². The molecular formula is C21H17ClO5S. The molecule has 3 aromatic carbocycles. The van der Waals surface area contributed by atoms with Crippen LogP contribution < -0.4 is 4.74 Å². The molecule has 0 aliphatic heterocycles. The second kappa shape index (κ2) is 8.04. The lowest BCUT2D eigenvalue weighted by Crippen LogP contribution is -2.10. The standard InChI is InChI=1S/C21H17ClO5S/c1-14-7-9-17(28(25,26)16-5-3-2-4-6-16)12-18(14)19-11-15(22)8-10-20(19)27-13-21(23)24/h2-12H,13H2,1H3,(H,23,24). The van der Waals surface area contributed by atoms with Crippen LogP contribution in [0.4, 0.5) is 0 Å². The van der Waals surface area contributed by atoms with Gasteiger partial charge in [0.25, 0.3) is 0 Å². The minimum Gasteiger partial charge on any atom is -0.481 e. The molecule has 0 saturated heterocycles. The number of carbonyl (C=O) groups is 1. The second-order valence-corrected chi connectivity index (χ2v) is 8.50. The third kappa shape index (κ3) is 4.18. The highest BCUT2D eigenvalue weighted by Gasteiger charge is 2.20. The molecule has 28 heavy (non-hydrogen) atoms. The third-order valence-corrected chi connectivity index (χ3v) is 6.16. The van der Waals surface area contributed by atoms with E-state index in [-0.39, 0.29) is 9.79 Å². The maximum atomic E-state index is 13.0. The first-order chi connectivity index (χ1) is 13.3. The molecule has 3 rings (SSSR count). The van der Waals surface area contributed by atoms with Gasteiger partial charge in [-0.15, -0.1) is 0 Å². The lowest BCUT2D eigenvalue weighted by molar-refractivity contribution is -0.139. The molecule has 0 unspecified atom stereocenters. The summed E-state index contributed by atoms with van der Waals surface area (Å²) in [6.45, 7) is 1.31. The molecule has 7 heteroatoms. The molecule has 3 aromatic rings. The summed E-state index contributed by atoms with van der Waals surface area (Å²) < 4.78 is 31.3. The Labute approximate surface area is 168 Å². The Hall–Kier alpha value is -2.83. The van der Waals surface area contributed by atoms with E-state index in [0.717, 1.165) is 5.56 Å². The molecule has 0 saturated carbocycles. The predicted molar refractivity (Wildman–Crippen MR) is 107 cm³/mol. The van der Waals surface area contributed by atoms with Gasteiger partial charge in [-0.05, 0) is 60.5 Å². The fourth-order valence-corrected chi connectivity index (χ4v) is 4.25. The van der Waals surface area contributed by atoms with Crippen LogP contribution in [0.1, 0.15) is 5.56 Å². The average Bonchev–Trinajstić information content (AvgIpc) is 2.68. The first kappa shape index (κ1) is 19.9. The molecule has 0 aromatic heterocycles. The topological polar surface area (TPSA) is 80.7 Å². The quantitative estimate of drug-likeness (QED) is 0.634. The van der Waals surface area contributed by atoms with Gasteiger partial charge in [-0.25, -0.2) is 13.2 Å². The Bertz CT molecular complexity index is 1120. The van der Waals surface area contributed by atoms with Crippen molar-refractivity contribution in [3.8, 4) is 16.9 Å². The van der Waals surface area contributed by atoms with Crippen molar-refractivity contribution >= 4 is 27.4 Å². The molecule has 5 nitrogen and oxygen atoms in total. The largest absolute Gasteiger partial charge is 0.481 e. The van der Waals surface area contributed by atoms with Gasteiger partial charge in [0.2, 0.25) is 9.84 Å². The zero-order valence-corrected chi connectivity index (χ0v) is 16.5. The number of carboxylic acids is 1. The Morgan fingerprint density at radius 3 is 2.36 bits per heavy atom. The number of carboxylic acid groups (broad SMARTS) is 1. The lowest BCUT2D eigenvalue weighted by atomic mass is 10.00. The maximum absolute atomic E-state index is 13.0. The summed E-state index contributed by atoms with van der Waals surface area (Å²) in [4.78, 5) is 11.2. The summed E-state index contributed by atoms with van der Waals surface area (Å²) in [7, 11) is -3.70. The number of halogens is 1. The number of benzene rings is 3. The van der Waals surface area contributed by atoms with Crippen molar-refractivity contribution in [1.29, 1.82) is 0 Å². The first-order valence-corrected chi connectivity index (χ1v) is 10.2. The molecular weight excluding hydrogens is 400 g/mol. The highest BCUT2D eigenvalue weighted by atomic mass is 35.5. The molecule has 0 bridgehead atoms. The van der Waals surface area contributed by atoms with Crippen molar-refractivity contribution in [2.45, 2.75) is 16.7 Å². The maximum Gasteiger partial charge on any atom is 0.341 e. The van der Waals surface area contributed by atoms with Crippen LogP contribution >= 0.6 is 11.6 Å². The first-order valence-electron chi connectivity index (χ1n) is 8.34. The monoisotopic (exact) mass is 416 g/mol. The number of aryl methyl sites for hydroxylation is 1. The summed E-state index contributed by atoms with van der Waals surface area (Å²) in [5.41, 5.74) is 1.92. The van der Waals surface area contributed by atoms with Crippen LogP contribution in [0.15, 0.2) is 76.5 Å². The van der Waals surface area contributed by atoms with Crippen LogP contribution in [0, 0.1) is 6.92 Å². The SMILES string of the molecule is Cc1ccc(S(=O)(=O)c2ccccc2)cc1-c1cc(Cl)ccc1OCC(=O)O. The van der Waals surface area contributed by atoms with Gasteiger partial charge in [0.05, 0.1) is 9.79 Å². The van der Waals surface area contributed by atoms with Crippen molar-refractivity contribution in [2.24, 2.45) is 0 Å². The summed E-state index contributed by atoms with van der Waals surface area (Å²) in [5, 5.41) is 9.32. The van der Waals surface area contributed by atoms with Gasteiger partial charge in [-0.2, -0.15) is 0 Å². The number of hydrogen-bond acceptors (Lipinski definition) is 4. The number of hydrogen-bond donors (Lipinski definition) is 1. The summed E-state index contributed by atoms with van der Waals surface area (Å²) in [5.74, 6) is -0.804. The van der Waals surface area contributed by atoms with Crippen LogP contribution in [0.3, 0.4) is 0 Å². The molecule has 0 atom stereocenters. The molecule has 0 fully saturated rings. The van der Waals surface area contributed by atoms with Gasteiger partial charge in [0.1, 0.15) is 5.75 Å². The highest BCUT2D eigenvalue weighted by Crippen LogP contribution is 2.36. The average molecular weight is 417 g/mol. The van der Waals surface area contributed by atoms with Crippen molar-refractivity contribution in [3.05, 3.63) is 77.3 Å². The molecule has 0 aliphatic rings. The Morgan fingerprint density at radius 2 is 1.68 bits per heavy atom. The van der Waals surface area contributed by atoms with E-state index in [9.17, 15) is 13.2 Å². The molecule has 0 radical (unpaired) electrons. The molecule has 0 heterocycles. The molecule has 0 amide bonds. The van der Waals surface area contributed by atoms with Crippen LogP contribution in [0.2, 0.25) is 5.02 Å². The Morgan fingerprint density at radius 1 is 0.964 bits per heavy atom.